The third kappa shape index (κ3) is 7.66. The molecule has 220 valence electrons. The number of halogens is 3. The molecular formula is C28H31Cl2FN4O6. The van der Waals surface area contributed by atoms with Gasteiger partial charge in [0.25, 0.3) is 0 Å². The number of carbonyl (C=O) groups is 4. The summed E-state index contributed by atoms with van der Waals surface area (Å²) in [5, 5.41) is 14.6. The zero-order chi connectivity index (χ0) is 29.7. The van der Waals surface area contributed by atoms with E-state index in [9.17, 15) is 28.7 Å². The summed E-state index contributed by atoms with van der Waals surface area (Å²) in [6.45, 7) is 3.05. The molecule has 2 aromatic rings. The van der Waals surface area contributed by atoms with Gasteiger partial charge in [-0.1, -0.05) is 47.5 Å². The molecule has 13 heteroatoms. The van der Waals surface area contributed by atoms with E-state index >= 15 is 0 Å². The van der Waals surface area contributed by atoms with Crippen molar-refractivity contribution >= 4 is 52.8 Å². The molecule has 3 N–H and O–H groups in total. The summed E-state index contributed by atoms with van der Waals surface area (Å²) in [6.07, 6.45) is 0.146. The standard InChI is InChI=1S/C28H31Cl2FN4O6/c1-16(36)41-19-8-11-34(12-9-19)13-10-22(26(37)32-21-7-6-20(29)24(30)25(21)31)33-27(38)23-14-17-4-2-3-5-18(17)15-35(23)28(39)40/h2-7,19,22-23H,8-15H2,1H3,(H,32,37)(H,33,38)(H,39,40). The first-order chi connectivity index (χ1) is 19.5. The Kier molecular flexibility index (Phi) is 10.1. The molecule has 10 nitrogen and oxygen atoms in total. The van der Waals surface area contributed by atoms with Gasteiger partial charge in [-0.15, -0.1) is 0 Å². The lowest BCUT2D eigenvalue weighted by Gasteiger charge is -2.35. The monoisotopic (exact) mass is 608 g/mol. The lowest BCUT2D eigenvalue weighted by molar-refractivity contribution is -0.148. The second kappa shape index (κ2) is 13.5. The van der Waals surface area contributed by atoms with E-state index in [0.717, 1.165) is 16.0 Å². The van der Waals surface area contributed by atoms with Crippen molar-refractivity contribution in [3.05, 3.63) is 63.4 Å². The Morgan fingerprint density at radius 1 is 1.10 bits per heavy atom. The first kappa shape index (κ1) is 30.5. The van der Waals surface area contributed by atoms with Crippen LogP contribution in [0.1, 0.15) is 37.3 Å². The summed E-state index contributed by atoms with van der Waals surface area (Å²) in [4.78, 5) is 53.3. The molecule has 2 unspecified atom stereocenters. The predicted molar refractivity (Wildman–Crippen MR) is 150 cm³/mol. The van der Waals surface area contributed by atoms with Crippen LogP contribution < -0.4 is 10.6 Å². The predicted octanol–water partition coefficient (Wildman–Crippen LogP) is 4.08. The van der Waals surface area contributed by atoms with Gasteiger partial charge in [-0.25, -0.2) is 9.18 Å². The Balaban J connectivity index is 1.49. The number of fused-ring (bicyclic) bond motifs is 1. The van der Waals surface area contributed by atoms with Gasteiger partial charge in [0.05, 0.1) is 22.3 Å². The molecule has 0 aliphatic carbocycles. The number of nitrogens with zero attached hydrogens (tertiary/aromatic N) is 2. The van der Waals surface area contributed by atoms with E-state index in [2.05, 4.69) is 15.5 Å². The third-order valence-corrected chi connectivity index (χ3v) is 8.11. The summed E-state index contributed by atoms with van der Waals surface area (Å²) < 4.78 is 20.0. The molecule has 2 heterocycles. The fraction of sp³-hybridized carbons (Fsp3) is 0.429. The van der Waals surface area contributed by atoms with Crippen LogP contribution in [0.4, 0.5) is 14.9 Å². The van der Waals surface area contributed by atoms with Gasteiger partial charge in [-0.2, -0.15) is 0 Å². The maximum Gasteiger partial charge on any atom is 0.408 e. The Morgan fingerprint density at radius 3 is 2.44 bits per heavy atom. The zero-order valence-corrected chi connectivity index (χ0v) is 23.9. The fourth-order valence-electron chi connectivity index (χ4n) is 5.13. The van der Waals surface area contributed by atoms with Crippen LogP contribution in [0, 0.1) is 5.82 Å². The highest BCUT2D eigenvalue weighted by Crippen LogP contribution is 2.30. The van der Waals surface area contributed by atoms with E-state index < -0.39 is 35.8 Å². The highest BCUT2D eigenvalue weighted by molar-refractivity contribution is 6.42. The van der Waals surface area contributed by atoms with Crippen molar-refractivity contribution in [2.75, 3.05) is 25.0 Å². The van der Waals surface area contributed by atoms with E-state index in [4.69, 9.17) is 27.9 Å². The molecule has 0 saturated carbocycles. The van der Waals surface area contributed by atoms with E-state index in [-0.39, 0.29) is 47.2 Å². The molecule has 1 fully saturated rings. The van der Waals surface area contributed by atoms with Crippen molar-refractivity contribution in [2.45, 2.75) is 57.3 Å². The number of hydrogen-bond acceptors (Lipinski definition) is 6. The van der Waals surface area contributed by atoms with Crippen molar-refractivity contribution in [2.24, 2.45) is 0 Å². The molecule has 1 saturated heterocycles. The number of carbonyl (C=O) groups excluding carboxylic acids is 3. The lowest BCUT2D eigenvalue weighted by atomic mass is 9.93. The highest BCUT2D eigenvalue weighted by atomic mass is 35.5. The van der Waals surface area contributed by atoms with E-state index in [1.807, 2.05) is 18.2 Å². The Bertz CT molecular complexity index is 1320. The van der Waals surface area contributed by atoms with E-state index in [1.54, 1.807) is 6.07 Å². The molecule has 3 amide bonds. The summed E-state index contributed by atoms with van der Waals surface area (Å²) >= 11 is 11.8. The Labute approximate surface area is 246 Å². The summed E-state index contributed by atoms with van der Waals surface area (Å²) in [5.74, 6) is -2.57. The van der Waals surface area contributed by atoms with Crippen LogP contribution in [-0.4, -0.2) is 76.6 Å². The summed E-state index contributed by atoms with van der Waals surface area (Å²) in [6, 6.07) is 7.71. The SMILES string of the molecule is CC(=O)OC1CCN(CCC(NC(=O)C2Cc3ccccc3CN2C(=O)O)C(=O)Nc2ccc(Cl)c(Cl)c2F)CC1. The van der Waals surface area contributed by atoms with Crippen molar-refractivity contribution in [1.82, 2.24) is 15.1 Å². The first-order valence-corrected chi connectivity index (χ1v) is 14.0. The van der Waals surface area contributed by atoms with Crippen LogP contribution in [0.2, 0.25) is 10.0 Å². The van der Waals surface area contributed by atoms with Gasteiger partial charge in [0.15, 0.2) is 5.82 Å². The number of esters is 1. The van der Waals surface area contributed by atoms with Gasteiger partial charge < -0.3 is 25.4 Å². The van der Waals surface area contributed by atoms with Gasteiger partial charge in [-0.3, -0.25) is 19.3 Å². The largest absolute Gasteiger partial charge is 0.465 e. The van der Waals surface area contributed by atoms with Crippen LogP contribution >= 0.6 is 23.2 Å². The average Bonchev–Trinajstić information content (AvgIpc) is 2.95. The number of anilines is 1. The maximum atomic E-state index is 14.7. The first-order valence-electron chi connectivity index (χ1n) is 13.2. The Morgan fingerprint density at radius 2 is 1.78 bits per heavy atom. The smallest absolute Gasteiger partial charge is 0.408 e. The van der Waals surface area contributed by atoms with Crippen LogP contribution in [0.3, 0.4) is 0 Å². The number of carboxylic acid groups (broad SMARTS) is 1. The second-order valence-electron chi connectivity index (χ2n) is 10.1. The molecule has 2 aliphatic heterocycles. The van der Waals surface area contributed by atoms with Crippen LogP contribution in [0.5, 0.6) is 0 Å². The minimum absolute atomic E-state index is 0.0180. The lowest BCUT2D eigenvalue weighted by Crippen LogP contribution is -2.56. The highest BCUT2D eigenvalue weighted by Gasteiger charge is 2.36. The molecule has 0 aromatic heterocycles. The van der Waals surface area contributed by atoms with Crippen molar-refractivity contribution in [1.29, 1.82) is 0 Å². The number of amides is 3. The molecule has 2 atom stereocenters. The number of piperidine rings is 1. The summed E-state index contributed by atoms with van der Waals surface area (Å²) in [5.41, 5.74) is 1.45. The molecule has 2 aliphatic rings. The number of nitrogens with one attached hydrogen (secondary N) is 2. The van der Waals surface area contributed by atoms with E-state index in [1.165, 1.54) is 19.1 Å². The topological polar surface area (TPSA) is 128 Å². The zero-order valence-electron chi connectivity index (χ0n) is 22.4. The normalized spacial score (nSPS) is 18.2. The van der Waals surface area contributed by atoms with Crippen LogP contribution in [-0.2, 0) is 32.1 Å². The quantitative estimate of drug-likeness (QED) is 0.304. The molecule has 4 rings (SSSR count). The second-order valence-corrected chi connectivity index (χ2v) is 10.9. The van der Waals surface area contributed by atoms with Gasteiger partial charge >= 0.3 is 12.1 Å². The number of benzene rings is 2. The Hall–Kier alpha value is -3.41. The molecule has 2 aromatic carbocycles. The number of hydrogen-bond donors (Lipinski definition) is 3. The summed E-state index contributed by atoms with van der Waals surface area (Å²) in [7, 11) is 0. The molecule has 41 heavy (non-hydrogen) atoms. The minimum atomic E-state index is -1.26. The molecule has 0 spiro atoms. The minimum Gasteiger partial charge on any atom is -0.465 e. The number of rotatable bonds is 8. The van der Waals surface area contributed by atoms with E-state index in [0.29, 0.717) is 32.5 Å². The molecule has 0 radical (unpaired) electrons. The van der Waals surface area contributed by atoms with Gasteiger partial charge in [0.1, 0.15) is 18.2 Å². The van der Waals surface area contributed by atoms with Crippen molar-refractivity contribution in [3.63, 3.8) is 0 Å². The van der Waals surface area contributed by atoms with Crippen molar-refractivity contribution in [3.8, 4) is 0 Å². The van der Waals surface area contributed by atoms with Gasteiger partial charge in [0.2, 0.25) is 11.8 Å². The van der Waals surface area contributed by atoms with Crippen molar-refractivity contribution < 1.29 is 33.4 Å². The molecule has 0 bridgehead atoms. The van der Waals surface area contributed by atoms with Gasteiger partial charge in [-0.05, 0) is 42.5 Å². The maximum absolute atomic E-state index is 14.7. The number of ether oxygens (including phenoxy) is 1. The third-order valence-electron chi connectivity index (χ3n) is 7.32. The van der Waals surface area contributed by atoms with Gasteiger partial charge in [0, 0.05) is 33.0 Å². The van der Waals surface area contributed by atoms with Crippen LogP contribution in [0.15, 0.2) is 36.4 Å². The molecular weight excluding hydrogens is 578 g/mol. The average molecular weight is 609 g/mol. The van der Waals surface area contributed by atoms with Crippen LogP contribution in [0.25, 0.3) is 0 Å². The number of likely N-dealkylation sites (tertiary alicyclic amines) is 1. The fourth-order valence-corrected chi connectivity index (χ4v) is 5.45.